The highest BCUT2D eigenvalue weighted by atomic mass is 16.6. The fourth-order valence-electron chi connectivity index (χ4n) is 3.04. The number of nitrogens with one attached hydrogen (secondary N) is 2. The summed E-state index contributed by atoms with van der Waals surface area (Å²) in [6.45, 7) is 2.04. The van der Waals surface area contributed by atoms with Crippen LogP contribution in [-0.2, 0) is 9.53 Å². The van der Waals surface area contributed by atoms with Crippen molar-refractivity contribution in [2.75, 3.05) is 19.5 Å². The highest BCUT2D eigenvalue weighted by Crippen LogP contribution is 2.40. The Hall–Kier alpha value is -3.75. The number of rotatable bonds is 8. The Morgan fingerprint density at radius 2 is 1.93 bits per heavy atom. The number of fused-ring (bicyclic) bond motifs is 1. The summed E-state index contributed by atoms with van der Waals surface area (Å²) in [5, 5.41) is 15.2. The number of aromatic amines is 1. The molecule has 3 aromatic rings. The van der Waals surface area contributed by atoms with Crippen molar-refractivity contribution >= 4 is 34.4 Å². The van der Waals surface area contributed by atoms with Gasteiger partial charge in [0.05, 0.1) is 24.8 Å². The number of benzene rings is 2. The van der Waals surface area contributed by atoms with Crippen LogP contribution in [0.4, 0.5) is 17.1 Å². The van der Waals surface area contributed by atoms with Gasteiger partial charge in [-0.05, 0) is 25.1 Å². The van der Waals surface area contributed by atoms with Crippen LogP contribution in [0.1, 0.15) is 18.6 Å². The second kappa shape index (κ2) is 7.87. The van der Waals surface area contributed by atoms with Gasteiger partial charge in [0.15, 0.2) is 0 Å². The Kier molecular flexibility index (Phi) is 5.35. The maximum absolute atomic E-state index is 11.4. The summed E-state index contributed by atoms with van der Waals surface area (Å²) in [4.78, 5) is 24.6. The first-order chi connectivity index (χ1) is 13.5. The van der Waals surface area contributed by atoms with E-state index in [1.165, 1.54) is 13.2 Å². The smallest absolute Gasteiger partial charge is 0.293 e. The first kappa shape index (κ1) is 19.0. The van der Waals surface area contributed by atoms with Crippen molar-refractivity contribution in [2.45, 2.75) is 13.0 Å². The summed E-state index contributed by atoms with van der Waals surface area (Å²) < 4.78 is 15.6. The number of aromatic nitrogens is 1. The number of methoxy groups -OCH3 is 2. The molecule has 9 nitrogen and oxygen atoms in total. The van der Waals surface area contributed by atoms with Crippen LogP contribution in [-0.4, -0.2) is 30.6 Å². The largest absolute Gasteiger partial charge is 0.497 e. The van der Waals surface area contributed by atoms with Crippen LogP contribution in [0.3, 0.4) is 0 Å². The van der Waals surface area contributed by atoms with Crippen molar-refractivity contribution in [3.8, 4) is 11.5 Å². The van der Waals surface area contributed by atoms with Gasteiger partial charge in [-0.2, -0.15) is 0 Å². The van der Waals surface area contributed by atoms with E-state index in [1.54, 1.807) is 44.5 Å². The van der Waals surface area contributed by atoms with E-state index in [0.29, 0.717) is 45.8 Å². The lowest BCUT2D eigenvalue weighted by molar-refractivity contribution is -0.383. The van der Waals surface area contributed by atoms with Gasteiger partial charge in [-0.25, -0.2) is 0 Å². The molecule has 3 rings (SSSR count). The molecule has 28 heavy (non-hydrogen) atoms. The molecule has 0 fully saturated rings. The molecule has 1 unspecified atom stereocenters. The number of carbonyl (C=O) groups excluding carboxylic acids is 1. The average molecular weight is 385 g/mol. The fraction of sp³-hybridized carbons (Fsp3) is 0.211. The minimum Gasteiger partial charge on any atom is -0.497 e. The molecule has 0 aliphatic heterocycles. The Morgan fingerprint density at radius 3 is 2.57 bits per heavy atom. The van der Waals surface area contributed by atoms with Crippen LogP contribution in [0.15, 0.2) is 36.5 Å². The van der Waals surface area contributed by atoms with Gasteiger partial charge in [0.2, 0.25) is 0 Å². The lowest BCUT2D eigenvalue weighted by Gasteiger charge is -2.15. The lowest BCUT2D eigenvalue weighted by Crippen LogP contribution is -2.01. The van der Waals surface area contributed by atoms with Crippen LogP contribution in [0, 0.1) is 10.1 Å². The van der Waals surface area contributed by atoms with Crippen molar-refractivity contribution in [2.24, 2.45) is 0 Å². The van der Waals surface area contributed by atoms with E-state index in [9.17, 15) is 14.9 Å². The van der Waals surface area contributed by atoms with Gasteiger partial charge in [-0.3, -0.25) is 14.9 Å². The van der Waals surface area contributed by atoms with Crippen molar-refractivity contribution in [1.29, 1.82) is 0 Å². The number of nitro benzene ring substituents is 1. The number of H-pyrrole nitrogens is 1. The standard InChI is InChI=1S/C19H19N3O6/c1-11(28-10-23)13-9-20-19-16(22(24)25)7-6-15(18(13)19)21-14-5-4-12(26-2)8-17(14)27-3/h4-11,20-21H,1-3H3. The van der Waals surface area contributed by atoms with Gasteiger partial charge in [0.25, 0.3) is 12.2 Å². The fourth-order valence-corrected chi connectivity index (χ4v) is 3.04. The van der Waals surface area contributed by atoms with Gasteiger partial charge in [0.1, 0.15) is 23.1 Å². The lowest BCUT2D eigenvalue weighted by atomic mass is 10.1. The van der Waals surface area contributed by atoms with Gasteiger partial charge >= 0.3 is 0 Å². The monoisotopic (exact) mass is 385 g/mol. The van der Waals surface area contributed by atoms with Crippen molar-refractivity contribution in [3.05, 3.63) is 52.2 Å². The summed E-state index contributed by atoms with van der Waals surface area (Å²) in [6.07, 6.45) is 1.01. The van der Waals surface area contributed by atoms with Crippen LogP contribution in [0.2, 0.25) is 0 Å². The van der Waals surface area contributed by atoms with E-state index in [4.69, 9.17) is 14.2 Å². The second-order valence-corrected chi connectivity index (χ2v) is 5.95. The number of nitro groups is 1. The maximum atomic E-state index is 11.4. The molecule has 0 saturated carbocycles. The third-order valence-corrected chi connectivity index (χ3v) is 4.42. The minimum absolute atomic E-state index is 0.0770. The zero-order chi connectivity index (χ0) is 20.3. The predicted octanol–water partition coefficient (Wildman–Crippen LogP) is 4.07. The Labute approximate surface area is 160 Å². The number of nitrogens with zero attached hydrogens (tertiary/aromatic N) is 1. The first-order valence-electron chi connectivity index (χ1n) is 8.36. The van der Waals surface area contributed by atoms with Crippen LogP contribution >= 0.6 is 0 Å². The number of ether oxygens (including phenoxy) is 3. The van der Waals surface area contributed by atoms with Gasteiger partial charge in [-0.1, -0.05) is 0 Å². The zero-order valence-corrected chi connectivity index (χ0v) is 15.5. The molecule has 146 valence electrons. The SMILES string of the molecule is COc1ccc(Nc2ccc([N+](=O)[O-])c3[nH]cc(C(C)OC=O)c23)c(OC)c1. The predicted molar refractivity (Wildman–Crippen MR) is 103 cm³/mol. The number of hydrogen-bond donors (Lipinski definition) is 2. The third-order valence-electron chi connectivity index (χ3n) is 4.42. The number of anilines is 2. The number of hydrogen-bond acceptors (Lipinski definition) is 7. The van der Waals surface area contributed by atoms with Crippen molar-refractivity contribution in [1.82, 2.24) is 4.98 Å². The quantitative estimate of drug-likeness (QED) is 0.341. The molecule has 0 spiro atoms. The van der Waals surface area contributed by atoms with E-state index in [-0.39, 0.29) is 5.69 Å². The average Bonchev–Trinajstić information content (AvgIpc) is 3.14. The summed E-state index contributed by atoms with van der Waals surface area (Å²) in [5.74, 6) is 1.17. The Morgan fingerprint density at radius 1 is 1.18 bits per heavy atom. The van der Waals surface area contributed by atoms with Crippen molar-refractivity contribution < 1.29 is 23.9 Å². The van der Waals surface area contributed by atoms with E-state index in [1.807, 2.05) is 0 Å². The van der Waals surface area contributed by atoms with E-state index >= 15 is 0 Å². The molecule has 1 atom stereocenters. The highest BCUT2D eigenvalue weighted by Gasteiger charge is 2.22. The molecule has 1 aromatic heterocycles. The molecule has 0 aliphatic rings. The molecular formula is C19H19N3O6. The normalized spacial score (nSPS) is 11.7. The number of non-ortho nitro benzene ring substituents is 1. The highest BCUT2D eigenvalue weighted by molar-refractivity contribution is 6.01. The van der Waals surface area contributed by atoms with E-state index < -0.39 is 11.0 Å². The molecule has 9 heteroatoms. The summed E-state index contributed by atoms with van der Waals surface area (Å²) in [6, 6.07) is 8.29. The minimum atomic E-state index is -0.591. The molecular weight excluding hydrogens is 366 g/mol. The molecule has 0 amide bonds. The number of carbonyl (C=O) groups is 1. The maximum Gasteiger partial charge on any atom is 0.293 e. The van der Waals surface area contributed by atoms with Crippen LogP contribution in [0.5, 0.6) is 11.5 Å². The molecule has 1 heterocycles. The summed E-state index contributed by atoms with van der Waals surface area (Å²) in [7, 11) is 3.09. The van der Waals surface area contributed by atoms with E-state index in [0.717, 1.165) is 0 Å². The first-order valence-corrected chi connectivity index (χ1v) is 8.36. The van der Waals surface area contributed by atoms with Gasteiger partial charge in [-0.15, -0.1) is 0 Å². The molecule has 0 bridgehead atoms. The van der Waals surface area contributed by atoms with E-state index in [2.05, 4.69) is 10.3 Å². The van der Waals surface area contributed by atoms with Gasteiger partial charge < -0.3 is 24.5 Å². The zero-order valence-electron chi connectivity index (χ0n) is 15.5. The molecule has 2 N–H and O–H groups in total. The van der Waals surface area contributed by atoms with Gasteiger partial charge in [0, 0.05) is 35.0 Å². The summed E-state index contributed by atoms with van der Waals surface area (Å²) >= 11 is 0. The topological polar surface area (TPSA) is 116 Å². The molecule has 0 aliphatic carbocycles. The third kappa shape index (κ3) is 3.41. The second-order valence-electron chi connectivity index (χ2n) is 5.95. The molecule has 2 aromatic carbocycles. The van der Waals surface area contributed by atoms with Crippen LogP contribution in [0.25, 0.3) is 10.9 Å². The van der Waals surface area contributed by atoms with Crippen LogP contribution < -0.4 is 14.8 Å². The Bertz CT molecular complexity index is 1030. The summed E-state index contributed by atoms with van der Waals surface area (Å²) in [5.41, 5.74) is 2.11. The molecule has 0 saturated heterocycles. The van der Waals surface area contributed by atoms with Crippen molar-refractivity contribution in [3.63, 3.8) is 0 Å². The Balaban J connectivity index is 2.15. The molecule has 0 radical (unpaired) electrons.